The molecule has 0 fully saturated rings. The molecule has 0 aliphatic rings. The molecule has 16 heavy (non-hydrogen) atoms. The standard InChI is InChI=1S/C12H21N3O/c1-10(2)4-5-13-6-7-15-12(16)8-11(3)9-14-15/h8-10,13H,4-7H2,1-3H3. The molecule has 0 radical (unpaired) electrons. The van der Waals surface area contributed by atoms with Gasteiger partial charge in [-0.05, 0) is 31.4 Å². The van der Waals surface area contributed by atoms with Gasteiger partial charge in [0.15, 0.2) is 0 Å². The minimum atomic E-state index is -0.0225. The Hall–Kier alpha value is -1.16. The van der Waals surface area contributed by atoms with Gasteiger partial charge in [-0.2, -0.15) is 5.10 Å². The number of hydrogen-bond acceptors (Lipinski definition) is 3. The van der Waals surface area contributed by atoms with Crippen molar-refractivity contribution in [3.8, 4) is 0 Å². The molecule has 0 aliphatic heterocycles. The molecule has 1 rings (SSSR count). The molecule has 1 aromatic heterocycles. The van der Waals surface area contributed by atoms with E-state index in [1.165, 1.54) is 4.68 Å². The van der Waals surface area contributed by atoms with Gasteiger partial charge in [-0.3, -0.25) is 4.79 Å². The molecular formula is C12H21N3O. The highest BCUT2D eigenvalue weighted by atomic mass is 16.1. The maximum Gasteiger partial charge on any atom is 0.267 e. The Balaban J connectivity index is 2.30. The summed E-state index contributed by atoms with van der Waals surface area (Å²) in [6, 6.07) is 1.61. The summed E-state index contributed by atoms with van der Waals surface area (Å²) in [6.07, 6.45) is 2.88. The molecule has 4 nitrogen and oxygen atoms in total. The summed E-state index contributed by atoms with van der Waals surface area (Å²) in [6.45, 7) is 8.71. The molecule has 4 heteroatoms. The van der Waals surface area contributed by atoms with E-state index in [1.54, 1.807) is 12.3 Å². The smallest absolute Gasteiger partial charge is 0.267 e. The summed E-state index contributed by atoms with van der Waals surface area (Å²) in [5.41, 5.74) is 0.889. The average molecular weight is 223 g/mol. The second kappa shape index (κ2) is 6.43. The maximum atomic E-state index is 11.5. The van der Waals surface area contributed by atoms with Crippen molar-refractivity contribution < 1.29 is 0 Å². The molecule has 0 aliphatic carbocycles. The van der Waals surface area contributed by atoms with E-state index in [4.69, 9.17) is 0 Å². The van der Waals surface area contributed by atoms with Gasteiger partial charge < -0.3 is 5.32 Å². The Morgan fingerprint density at radius 3 is 2.81 bits per heavy atom. The summed E-state index contributed by atoms with van der Waals surface area (Å²) in [7, 11) is 0. The quantitative estimate of drug-likeness (QED) is 0.737. The highest BCUT2D eigenvalue weighted by Crippen LogP contribution is 1.95. The lowest BCUT2D eigenvalue weighted by Crippen LogP contribution is -2.29. The van der Waals surface area contributed by atoms with Crippen LogP contribution in [0.25, 0.3) is 0 Å². The monoisotopic (exact) mass is 223 g/mol. The molecule has 0 unspecified atom stereocenters. The van der Waals surface area contributed by atoms with Gasteiger partial charge in [0.2, 0.25) is 0 Å². The molecule has 0 atom stereocenters. The maximum absolute atomic E-state index is 11.5. The Morgan fingerprint density at radius 1 is 1.44 bits per heavy atom. The number of aryl methyl sites for hydroxylation is 1. The van der Waals surface area contributed by atoms with Crippen LogP contribution >= 0.6 is 0 Å². The summed E-state index contributed by atoms with van der Waals surface area (Å²) < 4.78 is 1.50. The van der Waals surface area contributed by atoms with E-state index in [0.717, 1.165) is 25.1 Å². The van der Waals surface area contributed by atoms with Crippen molar-refractivity contribution in [2.75, 3.05) is 13.1 Å². The molecule has 0 saturated carbocycles. The van der Waals surface area contributed by atoms with Crippen LogP contribution in [0.3, 0.4) is 0 Å². The molecular weight excluding hydrogens is 202 g/mol. The van der Waals surface area contributed by atoms with Crippen molar-refractivity contribution in [3.05, 3.63) is 28.2 Å². The first-order valence-corrected chi connectivity index (χ1v) is 5.84. The molecule has 0 aromatic carbocycles. The summed E-state index contributed by atoms with van der Waals surface area (Å²) in [4.78, 5) is 11.5. The lowest BCUT2D eigenvalue weighted by Gasteiger charge is -2.07. The van der Waals surface area contributed by atoms with E-state index in [-0.39, 0.29) is 5.56 Å². The first-order valence-electron chi connectivity index (χ1n) is 5.84. The van der Waals surface area contributed by atoms with Crippen molar-refractivity contribution in [1.29, 1.82) is 0 Å². The van der Waals surface area contributed by atoms with Crippen molar-refractivity contribution in [2.45, 2.75) is 33.7 Å². The van der Waals surface area contributed by atoms with Crippen molar-refractivity contribution in [2.24, 2.45) is 5.92 Å². The van der Waals surface area contributed by atoms with Crippen LogP contribution in [0.4, 0.5) is 0 Å². The van der Waals surface area contributed by atoms with Gasteiger partial charge >= 0.3 is 0 Å². The van der Waals surface area contributed by atoms with E-state index < -0.39 is 0 Å². The van der Waals surface area contributed by atoms with Crippen LogP contribution in [0.5, 0.6) is 0 Å². The Morgan fingerprint density at radius 2 is 2.19 bits per heavy atom. The first kappa shape index (κ1) is 12.9. The third-order valence-corrected chi connectivity index (χ3v) is 2.41. The topological polar surface area (TPSA) is 46.9 Å². The first-order chi connectivity index (χ1) is 7.59. The van der Waals surface area contributed by atoms with Crippen LogP contribution in [0.1, 0.15) is 25.8 Å². The van der Waals surface area contributed by atoms with Crippen LogP contribution in [-0.2, 0) is 6.54 Å². The molecule has 1 N–H and O–H groups in total. The number of nitrogens with one attached hydrogen (secondary N) is 1. The van der Waals surface area contributed by atoms with E-state index in [2.05, 4.69) is 24.3 Å². The van der Waals surface area contributed by atoms with Gasteiger partial charge in [-0.25, -0.2) is 4.68 Å². The van der Waals surface area contributed by atoms with Crippen LogP contribution in [0.2, 0.25) is 0 Å². The molecule has 0 bridgehead atoms. The number of hydrogen-bond donors (Lipinski definition) is 1. The minimum absolute atomic E-state index is 0.0225. The normalized spacial score (nSPS) is 11.0. The van der Waals surface area contributed by atoms with Gasteiger partial charge in [0.25, 0.3) is 5.56 Å². The molecule has 1 aromatic rings. The van der Waals surface area contributed by atoms with Crippen LogP contribution < -0.4 is 10.9 Å². The Bertz CT molecular complexity index is 371. The SMILES string of the molecule is Cc1cnn(CCNCCC(C)C)c(=O)c1. The summed E-state index contributed by atoms with van der Waals surface area (Å²) in [5.74, 6) is 0.715. The second-order valence-corrected chi connectivity index (χ2v) is 4.53. The lowest BCUT2D eigenvalue weighted by atomic mass is 10.1. The average Bonchev–Trinajstić information content (AvgIpc) is 2.20. The summed E-state index contributed by atoms with van der Waals surface area (Å²) in [5, 5.41) is 7.38. The fourth-order valence-electron chi connectivity index (χ4n) is 1.39. The molecule has 1 heterocycles. The predicted octanol–water partition coefficient (Wildman–Crippen LogP) is 1.19. The molecule has 0 amide bonds. The zero-order chi connectivity index (χ0) is 12.0. The summed E-state index contributed by atoms with van der Waals surface area (Å²) >= 11 is 0. The Kier molecular flexibility index (Phi) is 5.19. The van der Waals surface area contributed by atoms with Crippen molar-refractivity contribution >= 4 is 0 Å². The largest absolute Gasteiger partial charge is 0.315 e. The third kappa shape index (κ3) is 4.57. The fourth-order valence-corrected chi connectivity index (χ4v) is 1.39. The second-order valence-electron chi connectivity index (χ2n) is 4.53. The zero-order valence-corrected chi connectivity index (χ0v) is 10.4. The molecule has 0 spiro atoms. The minimum Gasteiger partial charge on any atom is -0.315 e. The van der Waals surface area contributed by atoms with Crippen LogP contribution in [0, 0.1) is 12.8 Å². The highest BCUT2D eigenvalue weighted by molar-refractivity contribution is 5.02. The molecule has 90 valence electrons. The van der Waals surface area contributed by atoms with E-state index in [9.17, 15) is 4.79 Å². The van der Waals surface area contributed by atoms with Gasteiger partial charge in [-0.15, -0.1) is 0 Å². The van der Waals surface area contributed by atoms with E-state index >= 15 is 0 Å². The van der Waals surface area contributed by atoms with Crippen molar-refractivity contribution in [1.82, 2.24) is 15.1 Å². The van der Waals surface area contributed by atoms with Gasteiger partial charge in [-0.1, -0.05) is 13.8 Å². The number of rotatable bonds is 6. The van der Waals surface area contributed by atoms with Gasteiger partial charge in [0.05, 0.1) is 12.7 Å². The van der Waals surface area contributed by atoms with Crippen LogP contribution in [0.15, 0.2) is 17.1 Å². The van der Waals surface area contributed by atoms with Gasteiger partial charge in [0, 0.05) is 12.6 Å². The van der Waals surface area contributed by atoms with Crippen molar-refractivity contribution in [3.63, 3.8) is 0 Å². The predicted molar refractivity (Wildman–Crippen MR) is 65.6 cm³/mol. The van der Waals surface area contributed by atoms with E-state index in [1.807, 2.05) is 6.92 Å². The molecule has 0 saturated heterocycles. The third-order valence-electron chi connectivity index (χ3n) is 2.41. The van der Waals surface area contributed by atoms with Crippen LogP contribution in [-0.4, -0.2) is 22.9 Å². The number of aromatic nitrogens is 2. The number of nitrogens with zero attached hydrogens (tertiary/aromatic N) is 2. The Labute approximate surface area is 96.7 Å². The van der Waals surface area contributed by atoms with Gasteiger partial charge in [0.1, 0.15) is 0 Å². The van der Waals surface area contributed by atoms with E-state index in [0.29, 0.717) is 12.5 Å². The zero-order valence-electron chi connectivity index (χ0n) is 10.4. The fraction of sp³-hybridized carbons (Fsp3) is 0.667. The lowest BCUT2D eigenvalue weighted by molar-refractivity contribution is 0.495. The highest BCUT2D eigenvalue weighted by Gasteiger charge is 1.97.